The van der Waals surface area contributed by atoms with Crippen LogP contribution in [-0.4, -0.2) is 24.6 Å². The topological polar surface area (TPSA) is 64.6 Å². The average molecular weight is 369 g/mol. The molecule has 0 heterocycles. The lowest BCUT2D eigenvalue weighted by Crippen LogP contribution is -2.32. The Balaban J connectivity index is 2.16. The summed E-state index contributed by atoms with van der Waals surface area (Å²) in [6, 6.07) is 11.0. The van der Waals surface area contributed by atoms with Gasteiger partial charge >= 0.3 is 5.97 Å². The molecule has 1 N–H and O–H groups in total. The molecule has 0 aliphatic rings. The van der Waals surface area contributed by atoms with Crippen LogP contribution in [0.2, 0.25) is 0 Å². The molecule has 0 radical (unpaired) electrons. The maximum atomic E-state index is 12.7. The number of rotatable bonds is 7. The number of amides is 1. The first-order valence-electron chi connectivity index (χ1n) is 9.18. The SMILES string of the molecule is CCOC(=O)c1ccc(C)c(NC(=O)C(CC)Oc2ccc(C)cc2C)c1. The van der Waals surface area contributed by atoms with Crippen LogP contribution in [-0.2, 0) is 9.53 Å². The Bertz CT molecular complexity index is 829. The number of esters is 1. The predicted octanol–water partition coefficient (Wildman–Crippen LogP) is 4.58. The molecule has 0 saturated heterocycles. The zero-order valence-corrected chi connectivity index (χ0v) is 16.6. The van der Waals surface area contributed by atoms with Crippen molar-refractivity contribution in [3.8, 4) is 5.75 Å². The van der Waals surface area contributed by atoms with E-state index < -0.39 is 12.1 Å². The van der Waals surface area contributed by atoms with Gasteiger partial charge in [-0.2, -0.15) is 0 Å². The van der Waals surface area contributed by atoms with Crippen molar-refractivity contribution in [2.45, 2.75) is 47.1 Å². The first-order valence-corrected chi connectivity index (χ1v) is 9.18. The normalized spacial score (nSPS) is 11.6. The molecule has 144 valence electrons. The van der Waals surface area contributed by atoms with Crippen LogP contribution in [0.3, 0.4) is 0 Å². The minimum absolute atomic E-state index is 0.249. The highest BCUT2D eigenvalue weighted by molar-refractivity contribution is 5.97. The van der Waals surface area contributed by atoms with Gasteiger partial charge in [0.05, 0.1) is 12.2 Å². The Hall–Kier alpha value is -2.82. The summed E-state index contributed by atoms with van der Waals surface area (Å²) in [6.45, 7) is 9.80. The van der Waals surface area contributed by atoms with Crippen molar-refractivity contribution < 1.29 is 19.1 Å². The van der Waals surface area contributed by atoms with Gasteiger partial charge in [-0.3, -0.25) is 4.79 Å². The van der Waals surface area contributed by atoms with Crippen LogP contribution >= 0.6 is 0 Å². The fraction of sp³-hybridized carbons (Fsp3) is 0.364. The van der Waals surface area contributed by atoms with Crippen LogP contribution in [0.1, 0.15) is 47.3 Å². The van der Waals surface area contributed by atoms with E-state index in [1.165, 1.54) is 0 Å². The zero-order valence-electron chi connectivity index (χ0n) is 16.6. The monoisotopic (exact) mass is 369 g/mol. The van der Waals surface area contributed by atoms with Crippen molar-refractivity contribution >= 4 is 17.6 Å². The smallest absolute Gasteiger partial charge is 0.338 e. The van der Waals surface area contributed by atoms with Gasteiger partial charge in [0.25, 0.3) is 5.91 Å². The van der Waals surface area contributed by atoms with E-state index >= 15 is 0 Å². The second-order valence-corrected chi connectivity index (χ2v) is 6.52. The number of nitrogens with one attached hydrogen (secondary N) is 1. The van der Waals surface area contributed by atoms with Crippen molar-refractivity contribution in [3.05, 3.63) is 58.7 Å². The Labute approximate surface area is 160 Å². The molecule has 0 aliphatic carbocycles. The molecule has 0 aromatic heterocycles. The lowest BCUT2D eigenvalue weighted by atomic mass is 10.1. The van der Waals surface area contributed by atoms with Crippen LogP contribution in [0, 0.1) is 20.8 Å². The highest BCUT2D eigenvalue weighted by Gasteiger charge is 2.20. The maximum Gasteiger partial charge on any atom is 0.338 e. The minimum Gasteiger partial charge on any atom is -0.480 e. The predicted molar refractivity (Wildman–Crippen MR) is 106 cm³/mol. The summed E-state index contributed by atoms with van der Waals surface area (Å²) in [4.78, 5) is 24.7. The lowest BCUT2D eigenvalue weighted by Gasteiger charge is -2.19. The van der Waals surface area contributed by atoms with Crippen LogP contribution in [0.15, 0.2) is 36.4 Å². The van der Waals surface area contributed by atoms with E-state index in [0.717, 1.165) is 16.7 Å². The van der Waals surface area contributed by atoms with E-state index in [2.05, 4.69) is 5.32 Å². The lowest BCUT2D eigenvalue weighted by molar-refractivity contribution is -0.122. The molecule has 2 aromatic rings. The third-order valence-corrected chi connectivity index (χ3v) is 4.27. The number of carbonyl (C=O) groups excluding carboxylic acids is 2. The molecular weight excluding hydrogens is 342 g/mol. The molecule has 0 fully saturated rings. The fourth-order valence-corrected chi connectivity index (χ4v) is 2.72. The molecule has 5 heteroatoms. The molecule has 0 spiro atoms. The average Bonchev–Trinajstić information content (AvgIpc) is 2.63. The van der Waals surface area contributed by atoms with E-state index in [1.807, 2.05) is 45.9 Å². The van der Waals surface area contributed by atoms with Crippen LogP contribution in [0.5, 0.6) is 5.75 Å². The molecule has 2 aromatic carbocycles. The van der Waals surface area contributed by atoms with Gasteiger partial charge in [0.2, 0.25) is 0 Å². The summed E-state index contributed by atoms with van der Waals surface area (Å²) >= 11 is 0. The van der Waals surface area contributed by atoms with Crippen LogP contribution in [0.25, 0.3) is 0 Å². The summed E-state index contributed by atoms with van der Waals surface area (Å²) in [5.41, 5.74) is 3.97. The van der Waals surface area contributed by atoms with E-state index in [1.54, 1.807) is 25.1 Å². The summed E-state index contributed by atoms with van der Waals surface area (Å²) < 4.78 is 11.0. The standard InChI is InChI=1S/C22H27NO4/c1-6-19(27-20-11-8-14(3)12-16(20)5)21(24)23-18-13-17(10-9-15(18)4)22(25)26-7-2/h8-13,19H,6-7H2,1-5H3,(H,23,24). The molecular formula is C22H27NO4. The Morgan fingerprint density at radius 3 is 2.37 bits per heavy atom. The highest BCUT2D eigenvalue weighted by atomic mass is 16.5. The van der Waals surface area contributed by atoms with Gasteiger partial charge in [-0.1, -0.05) is 30.7 Å². The fourth-order valence-electron chi connectivity index (χ4n) is 2.72. The van der Waals surface area contributed by atoms with Crippen LogP contribution < -0.4 is 10.1 Å². The van der Waals surface area contributed by atoms with E-state index in [0.29, 0.717) is 30.0 Å². The number of carbonyl (C=O) groups is 2. The Kier molecular flexibility index (Phi) is 6.99. The van der Waals surface area contributed by atoms with Gasteiger partial charge in [0.15, 0.2) is 6.10 Å². The van der Waals surface area contributed by atoms with Gasteiger partial charge in [0.1, 0.15) is 5.75 Å². The van der Waals surface area contributed by atoms with Crippen molar-refractivity contribution in [1.82, 2.24) is 0 Å². The van der Waals surface area contributed by atoms with Crippen molar-refractivity contribution in [2.24, 2.45) is 0 Å². The zero-order chi connectivity index (χ0) is 20.0. The second kappa shape index (κ2) is 9.21. The van der Waals surface area contributed by atoms with Gasteiger partial charge in [0, 0.05) is 5.69 Å². The summed E-state index contributed by atoms with van der Waals surface area (Å²) in [7, 11) is 0. The Morgan fingerprint density at radius 1 is 1.00 bits per heavy atom. The highest BCUT2D eigenvalue weighted by Crippen LogP contribution is 2.23. The molecule has 5 nitrogen and oxygen atoms in total. The molecule has 1 atom stereocenters. The van der Waals surface area contributed by atoms with Crippen molar-refractivity contribution in [2.75, 3.05) is 11.9 Å². The van der Waals surface area contributed by atoms with Gasteiger partial charge in [-0.05, 0) is 63.4 Å². The Morgan fingerprint density at radius 2 is 1.74 bits per heavy atom. The van der Waals surface area contributed by atoms with Crippen molar-refractivity contribution in [1.29, 1.82) is 0 Å². The largest absolute Gasteiger partial charge is 0.480 e. The first kappa shape index (κ1) is 20.5. The van der Waals surface area contributed by atoms with Gasteiger partial charge < -0.3 is 14.8 Å². The number of hydrogen-bond donors (Lipinski definition) is 1. The molecule has 0 aliphatic heterocycles. The van der Waals surface area contributed by atoms with E-state index in [4.69, 9.17) is 9.47 Å². The molecule has 1 amide bonds. The molecule has 0 bridgehead atoms. The summed E-state index contributed by atoms with van der Waals surface area (Å²) in [5.74, 6) is 0.0350. The number of aryl methyl sites for hydroxylation is 3. The minimum atomic E-state index is -0.628. The first-order chi connectivity index (χ1) is 12.8. The van der Waals surface area contributed by atoms with E-state index in [9.17, 15) is 9.59 Å². The van der Waals surface area contributed by atoms with Crippen molar-refractivity contribution in [3.63, 3.8) is 0 Å². The summed E-state index contributed by atoms with van der Waals surface area (Å²) in [6.07, 6.45) is -0.104. The number of anilines is 1. The summed E-state index contributed by atoms with van der Waals surface area (Å²) in [5, 5.41) is 2.88. The third kappa shape index (κ3) is 5.33. The number of ether oxygens (including phenoxy) is 2. The van der Waals surface area contributed by atoms with Crippen LogP contribution in [0.4, 0.5) is 5.69 Å². The van der Waals surface area contributed by atoms with Gasteiger partial charge in [-0.15, -0.1) is 0 Å². The van der Waals surface area contributed by atoms with E-state index in [-0.39, 0.29) is 5.91 Å². The maximum absolute atomic E-state index is 12.7. The molecule has 1 unspecified atom stereocenters. The second-order valence-electron chi connectivity index (χ2n) is 6.52. The molecule has 2 rings (SSSR count). The third-order valence-electron chi connectivity index (χ3n) is 4.27. The quantitative estimate of drug-likeness (QED) is 0.725. The molecule has 27 heavy (non-hydrogen) atoms. The van der Waals surface area contributed by atoms with Gasteiger partial charge in [-0.25, -0.2) is 4.79 Å². The number of hydrogen-bond acceptors (Lipinski definition) is 4. The molecule has 0 saturated carbocycles. The number of benzene rings is 2.